The van der Waals surface area contributed by atoms with Gasteiger partial charge in [-0.25, -0.2) is 4.79 Å². The van der Waals surface area contributed by atoms with E-state index >= 15 is 0 Å². The normalized spacial score (nSPS) is 17.4. The van der Waals surface area contributed by atoms with Gasteiger partial charge in [-0.3, -0.25) is 14.3 Å². The Bertz CT molecular complexity index is 1330. The molecule has 5 rings (SSSR count). The molecule has 2 aromatic heterocycles. The average molecular weight is 450 g/mol. The molecule has 0 radical (unpaired) electrons. The first kappa shape index (κ1) is 21.5. The number of hydrogen-bond acceptors (Lipinski definition) is 6. The van der Waals surface area contributed by atoms with Gasteiger partial charge in [0, 0.05) is 36.8 Å². The number of benzene rings is 2. The van der Waals surface area contributed by atoms with Crippen molar-refractivity contribution in [3.63, 3.8) is 0 Å². The number of ether oxygens (including phenoxy) is 1. The van der Waals surface area contributed by atoms with Crippen molar-refractivity contribution in [2.24, 2.45) is 5.92 Å². The molecule has 1 aliphatic heterocycles. The lowest BCUT2D eigenvalue weighted by Crippen LogP contribution is -2.37. The summed E-state index contributed by atoms with van der Waals surface area (Å²) in [4.78, 5) is 26.8. The van der Waals surface area contributed by atoms with E-state index in [-0.39, 0.29) is 18.4 Å². The van der Waals surface area contributed by atoms with Crippen LogP contribution in [-0.2, 0) is 22.5 Å². The largest absolute Gasteiger partial charge is 0.464 e. The predicted octanol–water partition coefficient (Wildman–Crippen LogP) is 3.49. The van der Waals surface area contributed by atoms with Crippen LogP contribution < -0.4 is 11.1 Å². The van der Waals surface area contributed by atoms with Gasteiger partial charge in [0.2, 0.25) is 5.91 Å². The fraction of sp³-hybridized carbons (Fsp3) is 0.360. The zero-order chi connectivity index (χ0) is 22.8. The minimum absolute atomic E-state index is 0.107. The summed E-state index contributed by atoms with van der Waals surface area (Å²) in [7, 11) is 0. The Morgan fingerprint density at radius 3 is 2.97 bits per heavy atom. The molecule has 172 valence electrons. The van der Waals surface area contributed by atoms with Gasteiger partial charge in [-0.05, 0) is 49.1 Å². The van der Waals surface area contributed by atoms with Gasteiger partial charge in [0.05, 0.1) is 31.5 Å². The van der Waals surface area contributed by atoms with Crippen LogP contribution in [-0.4, -0.2) is 48.2 Å². The lowest BCUT2D eigenvalue weighted by atomic mass is 9.97. The summed E-state index contributed by atoms with van der Waals surface area (Å²) >= 11 is 0. The van der Waals surface area contributed by atoms with Crippen molar-refractivity contribution in [3.8, 4) is 0 Å². The van der Waals surface area contributed by atoms with E-state index < -0.39 is 5.76 Å². The number of nitrogens with one attached hydrogen (secondary N) is 1. The maximum atomic E-state index is 12.8. The van der Waals surface area contributed by atoms with Crippen LogP contribution in [0, 0.1) is 5.92 Å². The number of rotatable bonds is 6. The van der Waals surface area contributed by atoms with Crippen LogP contribution in [0.2, 0.25) is 0 Å². The topological polar surface area (TPSA) is 89.9 Å². The van der Waals surface area contributed by atoms with Crippen LogP contribution in [0.1, 0.15) is 12.5 Å². The van der Waals surface area contributed by atoms with Gasteiger partial charge < -0.3 is 18.9 Å². The molecule has 0 spiro atoms. The van der Waals surface area contributed by atoms with Crippen molar-refractivity contribution in [2.75, 3.05) is 38.2 Å². The summed E-state index contributed by atoms with van der Waals surface area (Å²) in [6, 6.07) is 13.4. The molecule has 1 aliphatic rings. The number of anilines is 1. The molecule has 1 N–H and O–H groups in total. The molecule has 0 bridgehead atoms. The minimum atomic E-state index is -0.391. The first-order chi connectivity index (χ1) is 16.1. The first-order valence-corrected chi connectivity index (χ1v) is 11.3. The predicted molar refractivity (Wildman–Crippen MR) is 125 cm³/mol. The Balaban J connectivity index is 1.23. The second-order valence-electron chi connectivity index (χ2n) is 8.47. The molecule has 1 unspecified atom stereocenters. The summed E-state index contributed by atoms with van der Waals surface area (Å²) in [5.41, 5.74) is 3.92. The van der Waals surface area contributed by atoms with Gasteiger partial charge in [0.1, 0.15) is 5.58 Å². The Kier molecular flexibility index (Phi) is 6.02. The summed E-state index contributed by atoms with van der Waals surface area (Å²) < 4.78 is 18.2. The van der Waals surface area contributed by atoms with Crippen molar-refractivity contribution in [3.05, 3.63) is 64.8 Å². The highest BCUT2D eigenvalue weighted by Crippen LogP contribution is 2.24. The molecule has 3 heterocycles. The zero-order valence-corrected chi connectivity index (χ0v) is 18.6. The molecule has 2 aromatic carbocycles. The molecule has 8 heteroatoms. The fourth-order valence-corrected chi connectivity index (χ4v) is 4.61. The van der Waals surface area contributed by atoms with Gasteiger partial charge in [0.15, 0.2) is 5.58 Å². The third-order valence-electron chi connectivity index (χ3n) is 6.15. The standard InChI is InChI=1S/C25H27N3O5/c1-2-28-21-7-6-19(13-23(21)33-25(28)30)26-24(29)15-27-9-11-31-16-17(14-27)12-18-4-3-5-22-20(18)8-10-32-22/h3-8,10,13,17H,2,9,11-12,14-16H2,1H3,(H,26,29). The molecule has 4 aromatic rings. The van der Waals surface area contributed by atoms with Crippen LogP contribution in [0.5, 0.6) is 0 Å². The summed E-state index contributed by atoms with van der Waals surface area (Å²) in [6.07, 6.45) is 2.58. The molecule has 1 fully saturated rings. The van der Waals surface area contributed by atoms with Gasteiger partial charge in [-0.15, -0.1) is 0 Å². The molecular formula is C25H27N3O5. The Morgan fingerprint density at radius 1 is 1.18 bits per heavy atom. The van der Waals surface area contributed by atoms with Gasteiger partial charge in [-0.1, -0.05) is 12.1 Å². The Morgan fingerprint density at radius 2 is 2.09 bits per heavy atom. The minimum Gasteiger partial charge on any atom is -0.464 e. The smallest absolute Gasteiger partial charge is 0.419 e. The maximum absolute atomic E-state index is 12.8. The van der Waals surface area contributed by atoms with Gasteiger partial charge in [-0.2, -0.15) is 0 Å². The van der Waals surface area contributed by atoms with E-state index in [4.69, 9.17) is 13.6 Å². The number of amides is 1. The second kappa shape index (κ2) is 9.25. The summed E-state index contributed by atoms with van der Waals surface area (Å²) in [5, 5.41) is 4.06. The number of nitrogens with zero attached hydrogens (tertiary/aromatic N) is 2. The Labute approximate surface area is 190 Å². The van der Waals surface area contributed by atoms with Crippen molar-refractivity contribution in [1.82, 2.24) is 9.47 Å². The number of fused-ring (bicyclic) bond motifs is 2. The SMILES string of the molecule is CCn1c(=O)oc2cc(NC(=O)CN3CCOCC(Cc4cccc5occc45)C3)ccc21. The first-order valence-electron chi connectivity index (χ1n) is 11.3. The lowest BCUT2D eigenvalue weighted by Gasteiger charge is -2.23. The summed E-state index contributed by atoms with van der Waals surface area (Å²) in [6.45, 7) is 5.43. The van der Waals surface area contributed by atoms with Crippen LogP contribution >= 0.6 is 0 Å². The monoisotopic (exact) mass is 449 g/mol. The number of carbonyl (C=O) groups excluding carboxylic acids is 1. The van der Waals surface area contributed by atoms with Gasteiger partial charge in [0.25, 0.3) is 0 Å². The number of carbonyl (C=O) groups is 1. The molecule has 1 atom stereocenters. The van der Waals surface area contributed by atoms with E-state index in [0.29, 0.717) is 37.6 Å². The maximum Gasteiger partial charge on any atom is 0.419 e. The van der Waals surface area contributed by atoms with Crippen LogP contribution in [0.25, 0.3) is 22.1 Å². The molecule has 0 saturated carbocycles. The lowest BCUT2D eigenvalue weighted by molar-refractivity contribution is -0.117. The number of aromatic nitrogens is 1. The van der Waals surface area contributed by atoms with E-state index in [1.54, 1.807) is 29.0 Å². The molecular weight excluding hydrogens is 422 g/mol. The molecule has 0 aliphatic carbocycles. The molecule has 1 amide bonds. The quantitative estimate of drug-likeness (QED) is 0.485. The highest BCUT2D eigenvalue weighted by Gasteiger charge is 2.22. The number of hydrogen-bond donors (Lipinski definition) is 1. The van der Waals surface area contributed by atoms with Crippen molar-refractivity contribution >= 4 is 33.7 Å². The average Bonchev–Trinajstić information content (AvgIpc) is 3.33. The van der Waals surface area contributed by atoms with Crippen LogP contribution in [0.4, 0.5) is 5.69 Å². The number of furan rings is 1. The highest BCUT2D eigenvalue weighted by atomic mass is 16.5. The third kappa shape index (κ3) is 4.58. The number of oxazole rings is 1. The summed E-state index contributed by atoms with van der Waals surface area (Å²) in [5.74, 6) is -0.220. The van der Waals surface area contributed by atoms with Crippen molar-refractivity contribution < 1.29 is 18.4 Å². The van der Waals surface area contributed by atoms with Crippen LogP contribution in [0.15, 0.2) is 62.4 Å². The van der Waals surface area contributed by atoms with E-state index in [0.717, 1.165) is 29.5 Å². The van der Waals surface area contributed by atoms with E-state index in [1.165, 1.54) is 5.56 Å². The van der Waals surface area contributed by atoms with Crippen molar-refractivity contribution in [2.45, 2.75) is 19.9 Å². The third-order valence-corrected chi connectivity index (χ3v) is 6.15. The highest BCUT2D eigenvalue weighted by molar-refractivity contribution is 5.94. The fourth-order valence-electron chi connectivity index (χ4n) is 4.61. The molecule has 1 saturated heterocycles. The second-order valence-corrected chi connectivity index (χ2v) is 8.47. The van der Waals surface area contributed by atoms with Gasteiger partial charge >= 0.3 is 5.76 Å². The van der Waals surface area contributed by atoms with Crippen LogP contribution in [0.3, 0.4) is 0 Å². The van der Waals surface area contributed by atoms with E-state index in [9.17, 15) is 9.59 Å². The zero-order valence-electron chi connectivity index (χ0n) is 18.6. The van der Waals surface area contributed by atoms with E-state index in [2.05, 4.69) is 16.3 Å². The Hall–Kier alpha value is -3.36. The molecule has 8 nitrogen and oxygen atoms in total. The van der Waals surface area contributed by atoms with E-state index in [1.807, 2.05) is 25.1 Å². The number of aryl methyl sites for hydroxylation is 1. The molecule has 33 heavy (non-hydrogen) atoms. The van der Waals surface area contributed by atoms with Crippen molar-refractivity contribution in [1.29, 1.82) is 0 Å².